The summed E-state index contributed by atoms with van der Waals surface area (Å²) < 4.78 is 5.26. The first-order valence-electron chi connectivity index (χ1n) is 8.15. The van der Waals surface area contributed by atoms with Crippen LogP contribution in [0.3, 0.4) is 0 Å². The molecule has 1 fully saturated rings. The van der Waals surface area contributed by atoms with Crippen LogP contribution in [0.1, 0.15) is 21.8 Å². The van der Waals surface area contributed by atoms with Gasteiger partial charge in [0.05, 0.1) is 0 Å². The number of hydrogen-bond donors (Lipinski definition) is 2. The zero-order valence-corrected chi connectivity index (χ0v) is 13.8. The summed E-state index contributed by atoms with van der Waals surface area (Å²) >= 11 is 0. The predicted molar refractivity (Wildman–Crippen MR) is 94.2 cm³/mol. The van der Waals surface area contributed by atoms with Gasteiger partial charge in [0.1, 0.15) is 5.75 Å². The second-order valence-corrected chi connectivity index (χ2v) is 6.17. The Bertz CT molecular complexity index is 764. The van der Waals surface area contributed by atoms with Gasteiger partial charge in [0, 0.05) is 30.6 Å². The Kier molecular flexibility index (Phi) is 5.00. The van der Waals surface area contributed by atoms with E-state index in [0.29, 0.717) is 24.4 Å². The van der Waals surface area contributed by atoms with Crippen molar-refractivity contribution in [2.45, 2.75) is 12.0 Å². The van der Waals surface area contributed by atoms with Gasteiger partial charge in [0.15, 0.2) is 6.61 Å². The lowest BCUT2D eigenvalue weighted by atomic mass is 9.95. The third-order valence-electron chi connectivity index (χ3n) is 4.34. The zero-order valence-electron chi connectivity index (χ0n) is 13.8. The lowest BCUT2D eigenvalue weighted by Gasteiger charge is -2.17. The van der Waals surface area contributed by atoms with E-state index in [9.17, 15) is 9.59 Å². The SMILES string of the molecule is NC(=O)COc1cccc(C(=O)N2C[C@@H](N)[C@H](c3ccccc3)C2)c1. The average molecular weight is 339 g/mol. The van der Waals surface area contributed by atoms with Crippen LogP contribution in [0.2, 0.25) is 0 Å². The minimum absolute atomic E-state index is 0.0966. The number of carbonyl (C=O) groups excluding carboxylic acids is 2. The van der Waals surface area contributed by atoms with Crippen LogP contribution in [-0.4, -0.2) is 42.5 Å². The van der Waals surface area contributed by atoms with Gasteiger partial charge in [-0.05, 0) is 23.8 Å². The second kappa shape index (κ2) is 7.36. The Hall–Kier alpha value is -2.86. The van der Waals surface area contributed by atoms with Crippen LogP contribution in [0.25, 0.3) is 0 Å². The first kappa shape index (κ1) is 17.0. The molecule has 0 aliphatic carbocycles. The third kappa shape index (κ3) is 3.97. The number of benzene rings is 2. The third-order valence-corrected chi connectivity index (χ3v) is 4.34. The summed E-state index contributed by atoms with van der Waals surface area (Å²) in [6, 6.07) is 16.6. The molecule has 6 nitrogen and oxygen atoms in total. The van der Waals surface area contributed by atoms with Crippen molar-refractivity contribution in [1.82, 2.24) is 4.90 Å². The van der Waals surface area contributed by atoms with Crippen LogP contribution in [0.15, 0.2) is 54.6 Å². The van der Waals surface area contributed by atoms with Gasteiger partial charge in [0.2, 0.25) is 0 Å². The number of primary amides is 1. The largest absolute Gasteiger partial charge is 0.484 e. The van der Waals surface area contributed by atoms with Crippen molar-refractivity contribution in [1.29, 1.82) is 0 Å². The molecule has 1 aliphatic heterocycles. The summed E-state index contributed by atoms with van der Waals surface area (Å²) in [7, 11) is 0. The van der Waals surface area contributed by atoms with E-state index in [4.69, 9.17) is 16.2 Å². The molecule has 1 heterocycles. The van der Waals surface area contributed by atoms with Gasteiger partial charge >= 0.3 is 0 Å². The van der Waals surface area contributed by atoms with E-state index in [0.717, 1.165) is 5.56 Å². The van der Waals surface area contributed by atoms with E-state index < -0.39 is 5.91 Å². The molecule has 3 rings (SSSR count). The van der Waals surface area contributed by atoms with Gasteiger partial charge in [0.25, 0.3) is 11.8 Å². The van der Waals surface area contributed by atoms with Crippen LogP contribution in [-0.2, 0) is 4.79 Å². The molecule has 0 aromatic heterocycles. The van der Waals surface area contributed by atoms with Gasteiger partial charge in [-0.15, -0.1) is 0 Å². The summed E-state index contributed by atoms with van der Waals surface area (Å²) in [5, 5.41) is 0. The molecule has 0 saturated carbocycles. The lowest BCUT2D eigenvalue weighted by Crippen LogP contribution is -2.32. The maximum Gasteiger partial charge on any atom is 0.255 e. The number of nitrogens with zero attached hydrogens (tertiary/aromatic N) is 1. The quantitative estimate of drug-likeness (QED) is 0.853. The van der Waals surface area contributed by atoms with Crippen LogP contribution in [0, 0.1) is 0 Å². The van der Waals surface area contributed by atoms with Crippen molar-refractivity contribution in [3.8, 4) is 5.75 Å². The molecule has 4 N–H and O–H groups in total. The number of rotatable bonds is 5. The Morgan fingerprint density at radius 1 is 1.08 bits per heavy atom. The highest BCUT2D eigenvalue weighted by Crippen LogP contribution is 2.27. The molecular formula is C19H21N3O3. The fraction of sp³-hybridized carbons (Fsp3) is 0.263. The van der Waals surface area contributed by atoms with Crippen molar-refractivity contribution in [2.24, 2.45) is 11.5 Å². The van der Waals surface area contributed by atoms with E-state index in [1.54, 1.807) is 29.2 Å². The maximum absolute atomic E-state index is 12.8. The highest BCUT2D eigenvalue weighted by Gasteiger charge is 2.34. The molecule has 2 amide bonds. The van der Waals surface area contributed by atoms with Gasteiger partial charge < -0.3 is 21.1 Å². The van der Waals surface area contributed by atoms with Crippen molar-refractivity contribution in [3.63, 3.8) is 0 Å². The molecule has 0 radical (unpaired) electrons. The predicted octanol–water partition coefficient (Wildman–Crippen LogP) is 1.12. The van der Waals surface area contributed by atoms with Gasteiger partial charge in [-0.2, -0.15) is 0 Å². The Balaban J connectivity index is 1.71. The number of nitrogens with two attached hydrogens (primary N) is 2. The summed E-state index contributed by atoms with van der Waals surface area (Å²) in [5.74, 6) is -0.0986. The van der Waals surface area contributed by atoms with Crippen molar-refractivity contribution in [2.75, 3.05) is 19.7 Å². The highest BCUT2D eigenvalue weighted by atomic mass is 16.5. The van der Waals surface area contributed by atoms with Gasteiger partial charge in [-0.3, -0.25) is 9.59 Å². The van der Waals surface area contributed by atoms with Gasteiger partial charge in [-0.25, -0.2) is 0 Å². The number of carbonyl (C=O) groups is 2. The Morgan fingerprint density at radius 2 is 1.84 bits per heavy atom. The molecule has 2 aromatic carbocycles. The van der Waals surface area contributed by atoms with Crippen molar-refractivity contribution >= 4 is 11.8 Å². The monoisotopic (exact) mass is 339 g/mol. The second-order valence-electron chi connectivity index (χ2n) is 6.17. The standard InChI is InChI=1S/C19H21N3O3/c20-17-11-22(10-16(17)13-5-2-1-3-6-13)19(24)14-7-4-8-15(9-14)25-12-18(21)23/h1-9,16-17H,10-12,20H2,(H2,21,23)/t16-,17+/m0/s1. The van der Waals surface area contributed by atoms with Gasteiger partial charge in [-0.1, -0.05) is 36.4 Å². The van der Waals surface area contributed by atoms with E-state index in [1.807, 2.05) is 30.3 Å². The van der Waals surface area contributed by atoms with Crippen LogP contribution < -0.4 is 16.2 Å². The number of amides is 2. The van der Waals surface area contributed by atoms with Crippen LogP contribution in [0.5, 0.6) is 5.75 Å². The number of hydrogen-bond acceptors (Lipinski definition) is 4. The summed E-state index contributed by atoms with van der Waals surface area (Å²) in [6.45, 7) is 0.865. The summed E-state index contributed by atoms with van der Waals surface area (Å²) in [4.78, 5) is 25.4. The topological polar surface area (TPSA) is 98.7 Å². The van der Waals surface area contributed by atoms with E-state index in [-0.39, 0.29) is 24.5 Å². The summed E-state index contributed by atoms with van der Waals surface area (Å²) in [5.41, 5.74) is 13.0. The van der Waals surface area contributed by atoms with E-state index in [2.05, 4.69) is 0 Å². The molecule has 1 saturated heterocycles. The fourth-order valence-electron chi connectivity index (χ4n) is 3.10. The molecule has 1 aliphatic rings. The molecule has 2 atom stereocenters. The fourth-order valence-corrected chi connectivity index (χ4v) is 3.10. The average Bonchev–Trinajstić information content (AvgIpc) is 3.02. The molecule has 6 heteroatoms. The maximum atomic E-state index is 12.8. The molecule has 0 unspecified atom stereocenters. The molecule has 25 heavy (non-hydrogen) atoms. The lowest BCUT2D eigenvalue weighted by molar-refractivity contribution is -0.119. The highest BCUT2D eigenvalue weighted by molar-refractivity contribution is 5.95. The summed E-state index contributed by atoms with van der Waals surface area (Å²) in [6.07, 6.45) is 0. The first-order chi connectivity index (χ1) is 12.0. The smallest absolute Gasteiger partial charge is 0.255 e. The molecule has 0 bridgehead atoms. The molecular weight excluding hydrogens is 318 g/mol. The molecule has 0 spiro atoms. The van der Waals surface area contributed by atoms with Crippen molar-refractivity contribution in [3.05, 3.63) is 65.7 Å². The Labute approximate surface area is 146 Å². The number of ether oxygens (including phenoxy) is 1. The number of likely N-dealkylation sites (tertiary alicyclic amines) is 1. The minimum Gasteiger partial charge on any atom is -0.484 e. The Morgan fingerprint density at radius 3 is 2.56 bits per heavy atom. The molecule has 130 valence electrons. The normalized spacial score (nSPS) is 19.6. The van der Waals surface area contributed by atoms with Crippen LogP contribution in [0.4, 0.5) is 0 Å². The zero-order chi connectivity index (χ0) is 17.8. The van der Waals surface area contributed by atoms with E-state index >= 15 is 0 Å². The molecule has 2 aromatic rings. The minimum atomic E-state index is -0.562. The van der Waals surface area contributed by atoms with Crippen LogP contribution >= 0.6 is 0 Å². The first-order valence-corrected chi connectivity index (χ1v) is 8.15. The van der Waals surface area contributed by atoms with E-state index in [1.165, 1.54) is 0 Å². The van der Waals surface area contributed by atoms with Crippen molar-refractivity contribution < 1.29 is 14.3 Å².